The summed E-state index contributed by atoms with van der Waals surface area (Å²) >= 11 is 0. The van der Waals surface area contributed by atoms with Gasteiger partial charge in [0.05, 0.1) is 6.33 Å². The number of allylic oxidation sites excluding steroid dienone is 1. The van der Waals surface area contributed by atoms with Gasteiger partial charge in [-0.15, -0.1) is 0 Å². The van der Waals surface area contributed by atoms with Gasteiger partial charge < -0.3 is 0 Å². The van der Waals surface area contributed by atoms with E-state index >= 15 is 0 Å². The van der Waals surface area contributed by atoms with Crippen molar-refractivity contribution in [3.8, 4) is 0 Å². The Morgan fingerprint density at radius 3 is 2.00 bits per heavy atom. The van der Waals surface area contributed by atoms with Gasteiger partial charge in [-0.2, -0.15) is 0 Å². The monoisotopic (exact) mass is 328 g/mol. The van der Waals surface area contributed by atoms with E-state index in [4.69, 9.17) is 0 Å². The van der Waals surface area contributed by atoms with Crippen LogP contribution in [0.25, 0.3) is 0 Å². The predicted molar refractivity (Wildman–Crippen MR) is 101 cm³/mol. The Balaban J connectivity index is 1.45. The van der Waals surface area contributed by atoms with Crippen LogP contribution in [0.1, 0.15) is 81.8 Å². The Hall–Kier alpha value is -1.11. The van der Waals surface area contributed by atoms with Crippen LogP contribution >= 0.6 is 0 Å². The third-order valence-corrected chi connectivity index (χ3v) is 6.75. The second-order valence-electron chi connectivity index (χ2n) is 8.09. The normalized spacial score (nSPS) is 31.4. The highest BCUT2D eigenvalue weighted by Crippen LogP contribution is 2.44. The number of benzene rings is 1. The molecule has 0 nitrogen and oxygen atoms in total. The summed E-state index contributed by atoms with van der Waals surface area (Å²) in [7, 11) is 0. The van der Waals surface area contributed by atoms with Gasteiger partial charge in [0, 0.05) is 0 Å². The fourth-order valence-corrected chi connectivity index (χ4v) is 5.09. The Labute approximate surface area is 147 Å². The fourth-order valence-electron chi connectivity index (χ4n) is 5.09. The van der Waals surface area contributed by atoms with Crippen molar-refractivity contribution >= 4 is 0 Å². The largest absolute Gasteiger partial charge is 0.216 e. The number of aryl methyl sites for hydroxylation is 1. The summed E-state index contributed by atoms with van der Waals surface area (Å²) < 4.78 is 12.2. The first-order valence-electron chi connectivity index (χ1n) is 10.1. The summed E-state index contributed by atoms with van der Waals surface area (Å²) in [6, 6.07) is 9.37. The molecule has 132 valence electrons. The van der Waals surface area contributed by atoms with Gasteiger partial charge >= 0.3 is 0 Å². The maximum Gasteiger partial charge on any atom is 0.0827 e. The zero-order chi connectivity index (χ0) is 16.8. The van der Waals surface area contributed by atoms with Crippen LogP contribution in [0.5, 0.6) is 0 Å². The molecule has 24 heavy (non-hydrogen) atoms. The molecule has 1 heteroatoms. The van der Waals surface area contributed by atoms with Crippen molar-refractivity contribution in [2.24, 2.45) is 17.8 Å². The highest BCUT2D eigenvalue weighted by Gasteiger charge is 2.30. The van der Waals surface area contributed by atoms with Gasteiger partial charge in [-0.3, -0.25) is 0 Å². The lowest BCUT2D eigenvalue weighted by Gasteiger charge is -2.38. The number of rotatable bonds is 5. The molecule has 0 heterocycles. The topological polar surface area (TPSA) is 0 Å². The second kappa shape index (κ2) is 8.83. The van der Waals surface area contributed by atoms with Gasteiger partial charge in [-0.1, -0.05) is 37.3 Å². The summed E-state index contributed by atoms with van der Waals surface area (Å²) in [5.41, 5.74) is 3.01. The minimum absolute atomic E-state index is 0.723. The summed E-state index contributed by atoms with van der Waals surface area (Å²) in [4.78, 5) is 0. The fraction of sp³-hybridized carbons (Fsp3) is 0.652. The highest BCUT2D eigenvalue weighted by molar-refractivity contribution is 5.25. The maximum absolute atomic E-state index is 12.2. The maximum atomic E-state index is 12.2. The molecule has 0 atom stereocenters. The van der Waals surface area contributed by atoms with Crippen LogP contribution in [0.15, 0.2) is 36.7 Å². The van der Waals surface area contributed by atoms with E-state index < -0.39 is 0 Å². The van der Waals surface area contributed by atoms with Crippen LogP contribution in [0.4, 0.5) is 4.39 Å². The molecule has 1 aromatic carbocycles. The molecule has 0 aliphatic heterocycles. The van der Waals surface area contributed by atoms with Gasteiger partial charge in [0.25, 0.3) is 0 Å². The zero-order valence-corrected chi connectivity index (χ0v) is 15.2. The molecule has 0 N–H and O–H groups in total. The second-order valence-corrected chi connectivity index (χ2v) is 8.09. The highest BCUT2D eigenvalue weighted by atomic mass is 19.1. The molecule has 0 radical (unpaired) electrons. The van der Waals surface area contributed by atoms with Gasteiger partial charge in [0.1, 0.15) is 0 Å². The van der Waals surface area contributed by atoms with Gasteiger partial charge in [-0.25, -0.2) is 4.39 Å². The Morgan fingerprint density at radius 1 is 0.875 bits per heavy atom. The molecular formula is C23H33F. The van der Waals surface area contributed by atoms with E-state index in [0.717, 1.165) is 42.8 Å². The van der Waals surface area contributed by atoms with E-state index in [1.807, 2.05) is 0 Å². The minimum atomic E-state index is 0.723. The van der Waals surface area contributed by atoms with Crippen molar-refractivity contribution in [1.29, 1.82) is 0 Å². The predicted octanol–water partition coefficient (Wildman–Crippen LogP) is 7.20. The molecule has 0 aromatic heterocycles. The molecule has 3 rings (SSSR count). The van der Waals surface area contributed by atoms with Crippen LogP contribution in [0.3, 0.4) is 0 Å². The summed E-state index contributed by atoms with van der Waals surface area (Å²) in [6.45, 7) is 2.23. The number of halogens is 1. The van der Waals surface area contributed by atoms with E-state index in [2.05, 4.69) is 31.2 Å². The molecular weight excluding hydrogens is 295 g/mol. The van der Waals surface area contributed by atoms with Gasteiger partial charge in [-0.05, 0) is 99.0 Å². The molecule has 0 bridgehead atoms. The van der Waals surface area contributed by atoms with Crippen molar-refractivity contribution in [2.45, 2.75) is 77.0 Å². The van der Waals surface area contributed by atoms with Crippen LogP contribution in [-0.2, 0) is 6.42 Å². The van der Waals surface area contributed by atoms with E-state index in [1.54, 1.807) is 11.6 Å². The van der Waals surface area contributed by atoms with Crippen molar-refractivity contribution in [3.63, 3.8) is 0 Å². The van der Waals surface area contributed by atoms with Crippen molar-refractivity contribution in [2.75, 3.05) is 0 Å². The summed E-state index contributed by atoms with van der Waals surface area (Å²) in [5.74, 6) is 3.42. The standard InChI is InChI=1S/C23H33F/c1-2-18-5-9-20(10-6-18)22-13-15-23(16-14-22)21-11-7-19(8-12-21)4-3-17-24/h3,5-6,9-10,17,19,21-23H,2,4,7-8,11-16H2,1H3/t19-,21-,22-,23-. The first kappa shape index (κ1) is 17.7. The molecule has 2 fully saturated rings. The smallest absolute Gasteiger partial charge is 0.0827 e. The van der Waals surface area contributed by atoms with Gasteiger partial charge in [0.15, 0.2) is 0 Å². The zero-order valence-electron chi connectivity index (χ0n) is 15.2. The first-order chi connectivity index (χ1) is 11.8. The van der Waals surface area contributed by atoms with E-state index in [0.29, 0.717) is 0 Å². The van der Waals surface area contributed by atoms with E-state index in [1.165, 1.54) is 56.9 Å². The minimum Gasteiger partial charge on any atom is -0.216 e. The molecule has 2 aliphatic rings. The molecule has 0 spiro atoms. The molecule has 0 saturated heterocycles. The molecule has 2 aliphatic carbocycles. The molecule has 1 aromatic rings. The van der Waals surface area contributed by atoms with Crippen molar-refractivity contribution in [1.82, 2.24) is 0 Å². The van der Waals surface area contributed by atoms with Crippen LogP contribution < -0.4 is 0 Å². The molecule has 0 unspecified atom stereocenters. The van der Waals surface area contributed by atoms with Crippen LogP contribution in [-0.4, -0.2) is 0 Å². The Kier molecular flexibility index (Phi) is 6.51. The average molecular weight is 329 g/mol. The van der Waals surface area contributed by atoms with Crippen molar-refractivity contribution < 1.29 is 4.39 Å². The summed E-state index contributed by atoms with van der Waals surface area (Å²) in [6.07, 6.45) is 15.5. The third-order valence-electron chi connectivity index (χ3n) is 6.75. The lowest BCUT2D eigenvalue weighted by atomic mass is 9.68. The molecule has 0 amide bonds. The van der Waals surface area contributed by atoms with Gasteiger partial charge in [0.2, 0.25) is 0 Å². The Morgan fingerprint density at radius 2 is 1.46 bits per heavy atom. The lowest BCUT2D eigenvalue weighted by Crippen LogP contribution is -2.25. The lowest BCUT2D eigenvalue weighted by molar-refractivity contribution is 0.160. The number of hydrogen-bond acceptors (Lipinski definition) is 0. The average Bonchev–Trinajstić information content (AvgIpc) is 2.67. The van der Waals surface area contributed by atoms with Crippen LogP contribution in [0.2, 0.25) is 0 Å². The Bertz CT molecular complexity index is 499. The van der Waals surface area contributed by atoms with E-state index in [-0.39, 0.29) is 0 Å². The first-order valence-corrected chi connectivity index (χ1v) is 10.1. The molecule has 2 saturated carbocycles. The van der Waals surface area contributed by atoms with Crippen LogP contribution in [0, 0.1) is 17.8 Å². The summed E-state index contributed by atoms with van der Waals surface area (Å²) in [5, 5.41) is 0. The van der Waals surface area contributed by atoms with E-state index in [9.17, 15) is 4.39 Å². The van der Waals surface area contributed by atoms with Crippen molar-refractivity contribution in [3.05, 3.63) is 47.8 Å². The SMILES string of the molecule is CCc1ccc([C@H]2CC[C@H]([C@H]3CC[C@H](CC=CF)CC3)CC2)cc1. The third kappa shape index (κ3) is 4.49. The number of hydrogen-bond donors (Lipinski definition) is 0. The quantitative estimate of drug-likeness (QED) is 0.536.